The normalized spacial score (nSPS) is 16.5. The number of aromatic nitrogens is 1. The minimum atomic E-state index is -3.62. The summed E-state index contributed by atoms with van der Waals surface area (Å²) in [5.74, 6) is -0.0586. The van der Waals surface area contributed by atoms with Gasteiger partial charge in [0.2, 0.25) is 5.91 Å². The molecule has 2 aromatic carbocycles. The molecule has 0 bridgehead atoms. The first kappa shape index (κ1) is 21.2. The Labute approximate surface area is 185 Å². The van der Waals surface area contributed by atoms with Crippen molar-refractivity contribution in [3.05, 3.63) is 70.0 Å². The number of sulfonamides is 1. The zero-order chi connectivity index (χ0) is 22.0. The van der Waals surface area contributed by atoms with Gasteiger partial charge in [0.25, 0.3) is 10.0 Å². The van der Waals surface area contributed by atoms with Crippen LogP contribution in [0.25, 0.3) is 11.3 Å². The number of thiazole rings is 1. The lowest BCUT2D eigenvalue weighted by atomic mass is 10.1. The average molecular weight is 455 g/mol. The lowest BCUT2D eigenvalue weighted by Crippen LogP contribution is -2.35. The van der Waals surface area contributed by atoms with E-state index in [9.17, 15) is 13.2 Å². The summed E-state index contributed by atoms with van der Waals surface area (Å²) in [4.78, 5) is 21.4. The van der Waals surface area contributed by atoms with Crippen LogP contribution in [0.3, 0.4) is 0 Å². The molecule has 0 saturated heterocycles. The highest BCUT2D eigenvalue weighted by molar-refractivity contribution is 7.90. The Morgan fingerprint density at radius 1 is 1.19 bits per heavy atom. The van der Waals surface area contributed by atoms with Crippen LogP contribution in [-0.4, -0.2) is 37.7 Å². The number of hydrogen-bond donors (Lipinski definition) is 2. The van der Waals surface area contributed by atoms with Crippen LogP contribution in [0.2, 0.25) is 0 Å². The maximum Gasteiger partial charge on any atom is 0.263 e. The van der Waals surface area contributed by atoms with Crippen molar-refractivity contribution in [2.45, 2.75) is 31.2 Å². The lowest BCUT2D eigenvalue weighted by molar-refractivity contribution is -0.121. The van der Waals surface area contributed by atoms with Crippen molar-refractivity contribution in [2.24, 2.45) is 4.99 Å². The summed E-state index contributed by atoms with van der Waals surface area (Å²) < 4.78 is 26.7. The molecule has 7 nitrogen and oxygen atoms in total. The molecule has 0 radical (unpaired) electrons. The Bertz CT molecular complexity index is 1250. The van der Waals surface area contributed by atoms with E-state index >= 15 is 0 Å². The SMILES string of the molecule is Cc1nc(-c2ccc(CCNC(=O)[C@H](C)N=C3NS(=O)(=O)c4ccccc43)cc2)cs1. The van der Waals surface area contributed by atoms with Crippen molar-refractivity contribution in [1.29, 1.82) is 0 Å². The number of rotatable bonds is 6. The Hall–Kier alpha value is -3.04. The highest BCUT2D eigenvalue weighted by Crippen LogP contribution is 2.23. The minimum absolute atomic E-state index is 0.178. The van der Waals surface area contributed by atoms with E-state index in [1.807, 2.05) is 36.6 Å². The third-order valence-electron chi connectivity index (χ3n) is 4.95. The smallest absolute Gasteiger partial charge is 0.263 e. The number of hydrogen-bond acceptors (Lipinski definition) is 6. The number of aliphatic imine (C=N–C) groups is 1. The Morgan fingerprint density at radius 2 is 1.94 bits per heavy atom. The number of nitrogens with one attached hydrogen (secondary N) is 2. The molecule has 1 aliphatic heterocycles. The van der Waals surface area contributed by atoms with Gasteiger partial charge in [-0.2, -0.15) is 0 Å². The minimum Gasteiger partial charge on any atom is -0.354 e. The fraction of sp³-hybridized carbons (Fsp3) is 0.227. The van der Waals surface area contributed by atoms with Gasteiger partial charge in [-0.25, -0.2) is 13.4 Å². The van der Waals surface area contributed by atoms with Gasteiger partial charge in [-0.05, 0) is 38.0 Å². The molecule has 3 aromatic rings. The van der Waals surface area contributed by atoms with E-state index in [2.05, 4.69) is 20.0 Å². The second-order valence-electron chi connectivity index (χ2n) is 7.25. The second kappa shape index (κ2) is 8.60. The number of carbonyl (C=O) groups is 1. The molecule has 0 unspecified atom stereocenters. The monoisotopic (exact) mass is 454 g/mol. The first-order valence-corrected chi connectivity index (χ1v) is 12.2. The standard InChI is InChI=1S/C22H22N4O3S2/c1-14(24-21-18-5-3-4-6-20(18)31(28,29)26-21)22(27)23-12-11-16-7-9-17(10-8-16)19-13-30-15(2)25-19/h3-10,13-14H,11-12H2,1-2H3,(H,23,27)(H,24,26)/t14-/m0/s1. The number of amides is 1. The number of amidine groups is 1. The van der Waals surface area contributed by atoms with E-state index < -0.39 is 16.1 Å². The van der Waals surface area contributed by atoms with Crippen molar-refractivity contribution in [1.82, 2.24) is 15.0 Å². The van der Waals surface area contributed by atoms with E-state index in [0.717, 1.165) is 21.8 Å². The third-order valence-corrected chi connectivity index (χ3v) is 7.12. The zero-order valence-corrected chi connectivity index (χ0v) is 18.8. The average Bonchev–Trinajstić information content (AvgIpc) is 3.29. The summed E-state index contributed by atoms with van der Waals surface area (Å²) in [5.41, 5.74) is 3.63. The Morgan fingerprint density at radius 3 is 2.65 bits per heavy atom. The second-order valence-corrected chi connectivity index (χ2v) is 9.96. The molecular weight excluding hydrogens is 432 g/mol. The summed E-state index contributed by atoms with van der Waals surface area (Å²) >= 11 is 1.62. The predicted molar refractivity (Wildman–Crippen MR) is 122 cm³/mol. The molecule has 0 saturated carbocycles. The summed E-state index contributed by atoms with van der Waals surface area (Å²) in [7, 11) is -3.62. The summed E-state index contributed by atoms with van der Waals surface area (Å²) in [6.07, 6.45) is 0.681. The quantitative estimate of drug-likeness (QED) is 0.598. The summed E-state index contributed by atoms with van der Waals surface area (Å²) in [5, 5.41) is 5.94. The van der Waals surface area contributed by atoms with Crippen molar-refractivity contribution < 1.29 is 13.2 Å². The molecule has 2 heterocycles. The van der Waals surface area contributed by atoms with Gasteiger partial charge in [0.1, 0.15) is 11.9 Å². The molecule has 1 aliphatic rings. The van der Waals surface area contributed by atoms with Crippen LogP contribution < -0.4 is 10.0 Å². The van der Waals surface area contributed by atoms with Gasteiger partial charge in [-0.3, -0.25) is 14.5 Å². The highest BCUT2D eigenvalue weighted by Gasteiger charge is 2.31. The highest BCUT2D eigenvalue weighted by atomic mass is 32.2. The first-order valence-electron chi connectivity index (χ1n) is 9.83. The molecular formula is C22H22N4O3S2. The van der Waals surface area contributed by atoms with Gasteiger partial charge in [-0.15, -0.1) is 11.3 Å². The maximum atomic E-state index is 12.4. The first-order chi connectivity index (χ1) is 14.8. The van der Waals surface area contributed by atoms with Crippen LogP contribution in [0.5, 0.6) is 0 Å². The summed E-state index contributed by atoms with van der Waals surface area (Å²) in [6.45, 7) is 4.09. The lowest BCUT2D eigenvalue weighted by Gasteiger charge is -2.10. The zero-order valence-electron chi connectivity index (χ0n) is 17.1. The van der Waals surface area contributed by atoms with E-state index in [-0.39, 0.29) is 16.6 Å². The van der Waals surface area contributed by atoms with Crippen LogP contribution in [0, 0.1) is 6.92 Å². The van der Waals surface area contributed by atoms with E-state index in [0.29, 0.717) is 18.5 Å². The van der Waals surface area contributed by atoms with E-state index in [1.54, 1.807) is 36.5 Å². The van der Waals surface area contributed by atoms with Gasteiger partial charge in [0.15, 0.2) is 0 Å². The van der Waals surface area contributed by atoms with Crippen LogP contribution in [0.1, 0.15) is 23.1 Å². The fourth-order valence-corrected chi connectivity index (χ4v) is 5.16. The topological polar surface area (TPSA) is 101 Å². The van der Waals surface area contributed by atoms with Crippen molar-refractivity contribution >= 4 is 33.1 Å². The van der Waals surface area contributed by atoms with Gasteiger partial charge in [0, 0.05) is 23.1 Å². The van der Waals surface area contributed by atoms with Crippen molar-refractivity contribution in [2.75, 3.05) is 6.54 Å². The molecule has 1 aromatic heterocycles. The van der Waals surface area contributed by atoms with Gasteiger partial charge < -0.3 is 5.32 Å². The fourth-order valence-electron chi connectivity index (χ4n) is 3.30. The van der Waals surface area contributed by atoms with Gasteiger partial charge in [-0.1, -0.05) is 36.4 Å². The molecule has 31 heavy (non-hydrogen) atoms. The van der Waals surface area contributed by atoms with Crippen LogP contribution in [0.4, 0.5) is 0 Å². The molecule has 4 rings (SSSR count). The summed E-state index contributed by atoms with van der Waals surface area (Å²) in [6, 6.07) is 14.0. The Balaban J connectivity index is 1.34. The number of carbonyl (C=O) groups excluding carboxylic acids is 1. The van der Waals surface area contributed by atoms with Crippen molar-refractivity contribution in [3.63, 3.8) is 0 Å². The third kappa shape index (κ3) is 4.67. The molecule has 2 N–H and O–H groups in total. The van der Waals surface area contributed by atoms with Gasteiger partial charge >= 0.3 is 0 Å². The van der Waals surface area contributed by atoms with Crippen LogP contribution in [-0.2, 0) is 21.2 Å². The number of fused-ring (bicyclic) bond motifs is 1. The molecule has 160 valence electrons. The molecule has 0 aliphatic carbocycles. The van der Waals surface area contributed by atoms with Gasteiger partial charge in [0.05, 0.1) is 15.6 Å². The molecule has 0 spiro atoms. The van der Waals surface area contributed by atoms with Crippen molar-refractivity contribution in [3.8, 4) is 11.3 Å². The Kier molecular flexibility index (Phi) is 5.88. The van der Waals surface area contributed by atoms with E-state index in [4.69, 9.17) is 0 Å². The number of aryl methyl sites for hydroxylation is 1. The molecule has 9 heteroatoms. The molecule has 1 amide bonds. The largest absolute Gasteiger partial charge is 0.354 e. The van der Waals surface area contributed by atoms with Crippen LogP contribution >= 0.6 is 11.3 Å². The van der Waals surface area contributed by atoms with Crippen LogP contribution in [0.15, 0.2) is 63.8 Å². The number of nitrogens with zero attached hydrogens (tertiary/aromatic N) is 2. The maximum absolute atomic E-state index is 12.4. The van der Waals surface area contributed by atoms with E-state index in [1.165, 1.54) is 6.07 Å². The number of benzene rings is 2. The predicted octanol–water partition coefficient (Wildman–Crippen LogP) is 2.90. The molecule has 1 atom stereocenters. The molecule has 0 fully saturated rings.